The molecule has 1 aliphatic heterocycles. The molecule has 8 nitrogen and oxygen atoms in total. The molecule has 0 saturated carbocycles. The first kappa shape index (κ1) is 17.6. The first-order valence-electron chi connectivity index (χ1n) is 7.82. The molecule has 2 rings (SSSR count). The van der Waals surface area contributed by atoms with Crippen LogP contribution in [0.4, 0.5) is 15.3 Å². The molecule has 3 N–H and O–H groups in total. The van der Waals surface area contributed by atoms with Gasteiger partial charge in [0.25, 0.3) is 0 Å². The molecule has 1 heterocycles. The van der Waals surface area contributed by atoms with Crippen LogP contribution in [0.25, 0.3) is 0 Å². The minimum absolute atomic E-state index is 0.00776. The van der Waals surface area contributed by atoms with E-state index in [0.717, 1.165) is 31.5 Å². The zero-order valence-corrected chi connectivity index (χ0v) is 13.6. The molecule has 130 valence electrons. The summed E-state index contributed by atoms with van der Waals surface area (Å²) >= 11 is 0. The lowest BCUT2D eigenvalue weighted by Gasteiger charge is -2.15. The topological polar surface area (TPSA) is 99.8 Å². The van der Waals surface area contributed by atoms with Crippen molar-refractivity contribution in [2.45, 2.75) is 19.4 Å². The second-order valence-electron chi connectivity index (χ2n) is 5.44. The summed E-state index contributed by atoms with van der Waals surface area (Å²) in [7, 11) is 1.29. The second-order valence-corrected chi connectivity index (χ2v) is 5.44. The van der Waals surface area contributed by atoms with Gasteiger partial charge in [-0.2, -0.15) is 0 Å². The number of methoxy groups -OCH3 is 1. The van der Waals surface area contributed by atoms with E-state index >= 15 is 0 Å². The van der Waals surface area contributed by atoms with Crippen molar-refractivity contribution in [1.82, 2.24) is 15.5 Å². The van der Waals surface area contributed by atoms with E-state index in [9.17, 15) is 14.4 Å². The van der Waals surface area contributed by atoms with Gasteiger partial charge in [-0.05, 0) is 30.5 Å². The van der Waals surface area contributed by atoms with Gasteiger partial charge in [0.1, 0.15) is 0 Å². The molecular weight excluding hydrogens is 312 g/mol. The van der Waals surface area contributed by atoms with Gasteiger partial charge < -0.3 is 20.3 Å². The molecule has 0 aromatic heterocycles. The largest absolute Gasteiger partial charge is 0.453 e. The average Bonchev–Trinajstić information content (AvgIpc) is 3.13. The van der Waals surface area contributed by atoms with Gasteiger partial charge in [0.2, 0.25) is 5.91 Å². The molecule has 0 atom stereocenters. The Morgan fingerprint density at radius 1 is 1.08 bits per heavy atom. The van der Waals surface area contributed by atoms with Gasteiger partial charge in [0.15, 0.2) is 0 Å². The highest BCUT2D eigenvalue weighted by atomic mass is 16.5. The highest BCUT2D eigenvalue weighted by molar-refractivity contribution is 5.85. The monoisotopic (exact) mass is 334 g/mol. The predicted octanol–water partition coefficient (Wildman–Crippen LogP) is 1.29. The number of amides is 4. The first-order chi connectivity index (χ1) is 11.6. The predicted molar refractivity (Wildman–Crippen MR) is 88.5 cm³/mol. The number of anilines is 1. The molecule has 0 unspecified atom stereocenters. The number of hydrogen-bond donors (Lipinski definition) is 3. The Labute approximate surface area is 140 Å². The number of hydrogen-bond acceptors (Lipinski definition) is 4. The van der Waals surface area contributed by atoms with Crippen LogP contribution in [-0.4, -0.2) is 49.7 Å². The Balaban J connectivity index is 1.69. The molecular formula is C16H22N4O4. The van der Waals surface area contributed by atoms with E-state index < -0.39 is 6.09 Å². The minimum Gasteiger partial charge on any atom is -0.453 e. The summed E-state index contributed by atoms with van der Waals surface area (Å²) in [4.78, 5) is 36.4. The van der Waals surface area contributed by atoms with Crippen molar-refractivity contribution in [2.75, 3.05) is 32.1 Å². The second kappa shape index (κ2) is 8.76. The number of carbonyl (C=O) groups is 3. The Bertz CT molecular complexity index is 582. The summed E-state index contributed by atoms with van der Waals surface area (Å²) in [5.41, 5.74) is 1.47. The van der Waals surface area contributed by atoms with E-state index in [-0.39, 0.29) is 18.5 Å². The van der Waals surface area contributed by atoms with Gasteiger partial charge in [-0.15, -0.1) is 0 Å². The maximum Gasteiger partial charge on any atom is 0.411 e. The number of carbonyl (C=O) groups excluding carboxylic acids is 3. The average molecular weight is 334 g/mol. The first-order valence-corrected chi connectivity index (χ1v) is 7.82. The molecule has 1 fully saturated rings. The van der Waals surface area contributed by atoms with E-state index in [1.54, 1.807) is 29.2 Å². The Morgan fingerprint density at radius 3 is 2.38 bits per heavy atom. The van der Waals surface area contributed by atoms with Crippen LogP contribution >= 0.6 is 0 Å². The smallest absolute Gasteiger partial charge is 0.411 e. The quantitative estimate of drug-likeness (QED) is 0.755. The highest BCUT2D eigenvalue weighted by Gasteiger charge is 2.17. The van der Waals surface area contributed by atoms with E-state index in [0.29, 0.717) is 12.2 Å². The van der Waals surface area contributed by atoms with Crippen LogP contribution in [-0.2, 0) is 16.1 Å². The van der Waals surface area contributed by atoms with E-state index in [1.807, 2.05) is 0 Å². The Hall–Kier alpha value is -2.77. The van der Waals surface area contributed by atoms with E-state index in [1.165, 1.54) is 7.11 Å². The number of rotatable bonds is 5. The third kappa shape index (κ3) is 5.45. The number of likely N-dealkylation sites (tertiary alicyclic amines) is 1. The van der Waals surface area contributed by atoms with Crippen LogP contribution < -0.4 is 16.0 Å². The molecule has 24 heavy (non-hydrogen) atoms. The standard InChI is InChI=1S/C16H22N4O4/c1-24-16(23)19-13-6-4-12(5-7-13)10-17-15(22)18-11-14(21)20-8-2-3-9-20/h4-7H,2-3,8-11H2,1H3,(H,19,23)(H2,17,18,22). The van der Waals surface area contributed by atoms with Crippen LogP contribution in [0.5, 0.6) is 0 Å². The normalized spacial score (nSPS) is 13.3. The van der Waals surface area contributed by atoms with Gasteiger partial charge in [0, 0.05) is 25.3 Å². The van der Waals surface area contributed by atoms with Crippen molar-refractivity contribution in [3.63, 3.8) is 0 Å². The number of urea groups is 1. The lowest BCUT2D eigenvalue weighted by atomic mass is 10.2. The van der Waals surface area contributed by atoms with Crippen LogP contribution in [0.15, 0.2) is 24.3 Å². The van der Waals surface area contributed by atoms with Crippen molar-refractivity contribution in [1.29, 1.82) is 0 Å². The molecule has 8 heteroatoms. The summed E-state index contributed by atoms with van der Waals surface area (Å²) in [5.74, 6) is -0.0547. The maximum absolute atomic E-state index is 11.8. The Morgan fingerprint density at radius 2 is 1.75 bits per heavy atom. The SMILES string of the molecule is COC(=O)Nc1ccc(CNC(=O)NCC(=O)N2CCCC2)cc1. The van der Waals surface area contributed by atoms with Crippen molar-refractivity contribution < 1.29 is 19.1 Å². The van der Waals surface area contributed by atoms with Crippen LogP contribution in [0.1, 0.15) is 18.4 Å². The minimum atomic E-state index is -0.539. The zero-order valence-electron chi connectivity index (χ0n) is 13.6. The van der Waals surface area contributed by atoms with Gasteiger partial charge in [-0.1, -0.05) is 12.1 Å². The third-order valence-corrected chi connectivity index (χ3v) is 3.70. The summed E-state index contributed by atoms with van der Waals surface area (Å²) in [6.45, 7) is 1.87. The van der Waals surface area contributed by atoms with Crippen molar-refractivity contribution >= 4 is 23.7 Å². The highest BCUT2D eigenvalue weighted by Crippen LogP contribution is 2.09. The van der Waals surface area contributed by atoms with Crippen molar-refractivity contribution in [2.24, 2.45) is 0 Å². The molecule has 0 radical (unpaired) electrons. The number of nitrogens with one attached hydrogen (secondary N) is 3. The molecule has 1 aromatic carbocycles. The molecule has 0 bridgehead atoms. The fourth-order valence-corrected chi connectivity index (χ4v) is 2.35. The fourth-order valence-electron chi connectivity index (χ4n) is 2.35. The fraction of sp³-hybridized carbons (Fsp3) is 0.438. The Kier molecular flexibility index (Phi) is 6.41. The summed E-state index contributed by atoms with van der Waals surface area (Å²) in [6.07, 6.45) is 1.51. The zero-order chi connectivity index (χ0) is 17.4. The number of ether oxygens (including phenoxy) is 1. The van der Waals surface area contributed by atoms with E-state index in [4.69, 9.17) is 0 Å². The molecule has 0 spiro atoms. The number of nitrogens with zero attached hydrogens (tertiary/aromatic N) is 1. The van der Waals surface area contributed by atoms with Crippen LogP contribution in [0.2, 0.25) is 0 Å². The van der Waals surface area contributed by atoms with E-state index in [2.05, 4.69) is 20.7 Å². The summed E-state index contributed by atoms with van der Waals surface area (Å²) in [5, 5.41) is 7.78. The van der Waals surface area contributed by atoms with Gasteiger partial charge in [0.05, 0.1) is 13.7 Å². The lowest BCUT2D eigenvalue weighted by Crippen LogP contribution is -2.42. The van der Waals surface area contributed by atoms with Gasteiger partial charge in [-0.3, -0.25) is 10.1 Å². The third-order valence-electron chi connectivity index (χ3n) is 3.70. The summed E-state index contributed by atoms with van der Waals surface area (Å²) < 4.78 is 4.50. The molecule has 1 saturated heterocycles. The van der Waals surface area contributed by atoms with Crippen LogP contribution in [0, 0.1) is 0 Å². The maximum atomic E-state index is 11.8. The molecule has 4 amide bonds. The van der Waals surface area contributed by atoms with Crippen LogP contribution in [0.3, 0.4) is 0 Å². The molecule has 1 aromatic rings. The van der Waals surface area contributed by atoms with Gasteiger partial charge >= 0.3 is 12.1 Å². The van der Waals surface area contributed by atoms with Crippen molar-refractivity contribution in [3.05, 3.63) is 29.8 Å². The van der Waals surface area contributed by atoms with Crippen molar-refractivity contribution in [3.8, 4) is 0 Å². The molecule has 0 aliphatic carbocycles. The van der Waals surface area contributed by atoms with Gasteiger partial charge in [-0.25, -0.2) is 9.59 Å². The summed E-state index contributed by atoms with van der Waals surface area (Å²) in [6, 6.07) is 6.59. The lowest BCUT2D eigenvalue weighted by molar-refractivity contribution is -0.128. The number of benzene rings is 1. The molecule has 1 aliphatic rings.